The molecular weight excluding hydrogens is 130 g/mol. The van der Waals surface area contributed by atoms with E-state index in [4.69, 9.17) is 9.84 Å². The van der Waals surface area contributed by atoms with Gasteiger partial charge in [0.1, 0.15) is 0 Å². The predicted octanol–water partition coefficient (Wildman–Crippen LogP) is -0.00830. The second-order valence-corrected chi connectivity index (χ2v) is 2.35. The van der Waals surface area contributed by atoms with Crippen molar-refractivity contribution >= 4 is 0 Å². The van der Waals surface area contributed by atoms with Crippen molar-refractivity contribution < 1.29 is 9.84 Å². The Kier molecular flexibility index (Phi) is 5.58. The summed E-state index contributed by atoms with van der Waals surface area (Å²) < 4.78 is 5.08. The highest BCUT2D eigenvalue weighted by Gasteiger charge is 2.12. The quantitative estimate of drug-likeness (QED) is 0.575. The van der Waals surface area contributed by atoms with Gasteiger partial charge in [-0.1, -0.05) is 0 Å². The molecule has 0 rings (SSSR count). The van der Waals surface area contributed by atoms with Gasteiger partial charge in [-0.05, 0) is 20.4 Å². The number of rotatable bonds is 5. The standard InChI is InChI=1S/C7H17NO2/c1-6(10-3)7(8-2)4-5-9/h6-9H,4-5H2,1-3H3. The second-order valence-electron chi connectivity index (χ2n) is 2.35. The number of methoxy groups -OCH3 is 1. The largest absolute Gasteiger partial charge is 0.396 e. The van der Waals surface area contributed by atoms with Crippen molar-refractivity contribution in [2.75, 3.05) is 20.8 Å². The lowest BCUT2D eigenvalue weighted by Gasteiger charge is -2.20. The highest BCUT2D eigenvalue weighted by Crippen LogP contribution is 2.00. The molecule has 0 aromatic rings. The molecule has 0 aromatic carbocycles. The van der Waals surface area contributed by atoms with Crippen LogP contribution in [-0.2, 0) is 4.74 Å². The monoisotopic (exact) mass is 147 g/mol. The van der Waals surface area contributed by atoms with E-state index >= 15 is 0 Å². The molecule has 0 radical (unpaired) electrons. The van der Waals surface area contributed by atoms with Crippen LogP contribution < -0.4 is 5.32 Å². The molecule has 0 saturated carbocycles. The first-order valence-corrected chi connectivity index (χ1v) is 3.57. The van der Waals surface area contributed by atoms with E-state index < -0.39 is 0 Å². The van der Waals surface area contributed by atoms with Crippen LogP contribution >= 0.6 is 0 Å². The third-order valence-corrected chi connectivity index (χ3v) is 1.75. The molecule has 0 heterocycles. The summed E-state index contributed by atoms with van der Waals surface area (Å²) >= 11 is 0. The zero-order valence-corrected chi connectivity index (χ0v) is 6.92. The fourth-order valence-electron chi connectivity index (χ4n) is 0.917. The molecule has 0 saturated heterocycles. The zero-order valence-electron chi connectivity index (χ0n) is 6.92. The maximum atomic E-state index is 8.62. The van der Waals surface area contributed by atoms with Gasteiger partial charge in [0.15, 0.2) is 0 Å². The maximum absolute atomic E-state index is 8.62. The Hall–Kier alpha value is -0.120. The molecule has 0 aromatic heterocycles. The summed E-state index contributed by atoms with van der Waals surface area (Å²) in [7, 11) is 3.54. The van der Waals surface area contributed by atoms with Crippen LogP contribution in [0.4, 0.5) is 0 Å². The lowest BCUT2D eigenvalue weighted by atomic mass is 10.1. The van der Waals surface area contributed by atoms with Gasteiger partial charge in [0.2, 0.25) is 0 Å². The Labute approximate surface area is 62.4 Å². The van der Waals surface area contributed by atoms with Crippen molar-refractivity contribution in [2.45, 2.75) is 25.5 Å². The lowest BCUT2D eigenvalue weighted by molar-refractivity contribution is 0.0755. The van der Waals surface area contributed by atoms with Crippen molar-refractivity contribution in [2.24, 2.45) is 0 Å². The Morgan fingerprint density at radius 2 is 2.20 bits per heavy atom. The van der Waals surface area contributed by atoms with E-state index in [9.17, 15) is 0 Å². The topological polar surface area (TPSA) is 41.5 Å². The molecule has 2 atom stereocenters. The molecule has 0 aliphatic rings. The first-order valence-electron chi connectivity index (χ1n) is 3.57. The van der Waals surface area contributed by atoms with E-state index in [-0.39, 0.29) is 18.8 Å². The predicted molar refractivity (Wildman–Crippen MR) is 41.0 cm³/mol. The zero-order chi connectivity index (χ0) is 7.98. The average Bonchev–Trinajstić information content (AvgIpc) is 1.99. The van der Waals surface area contributed by atoms with Crippen molar-refractivity contribution in [3.63, 3.8) is 0 Å². The first-order chi connectivity index (χ1) is 4.76. The van der Waals surface area contributed by atoms with E-state index in [1.54, 1.807) is 7.11 Å². The first kappa shape index (κ1) is 9.88. The van der Waals surface area contributed by atoms with E-state index in [1.165, 1.54) is 0 Å². The highest BCUT2D eigenvalue weighted by atomic mass is 16.5. The molecule has 0 bridgehead atoms. The Morgan fingerprint density at radius 1 is 1.60 bits per heavy atom. The van der Waals surface area contributed by atoms with Gasteiger partial charge in [-0.2, -0.15) is 0 Å². The summed E-state index contributed by atoms with van der Waals surface area (Å²) in [6.45, 7) is 2.19. The van der Waals surface area contributed by atoms with Crippen LogP contribution in [0.5, 0.6) is 0 Å². The van der Waals surface area contributed by atoms with Crippen LogP contribution in [0.3, 0.4) is 0 Å². The normalized spacial score (nSPS) is 16.8. The van der Waals surface area contributed by atoms with Gasteiger partial charge in [0.05, 0.1) is 6.10 Å². The number of hydrogen-bond donors (Lipinski definition) is 2. The molecule has 0 fully saturated rings. The minimum Gasteiger partial charge on any atom is -0.396 e. The van der Waals surface area contributed by atoms with E-state index in [0.717, 1.165) is 6.42 Å². The minimum atomic E-state index is 0.164. The average molecular weight is 147 g/mol. The van der Waals surface area contributed by atoms with E-state index in [2.05, 4.69) is 5.32 Å². The molecule has 0 aliphatic carbocycles. The summed E-state index contributed by atoms with van der Waals surface area (Å²) in [5.41, 5.74) is 0. The number of ether oxygens (including phenoxy) is 1. The molecule has 0 aliphatic heterocycles. The number of hydrogen-bond acceptors (Lipinski definition) is 3. The van der Waals surface area contributed by atoms with Crippen molar-refractivity contribution in [3.05, 3.63) is 0 Å². The molecule has 3 nitrogen and oxygen atoms in total. The van der Waals surface area contributed by atoms with Crippen molar-refractivity contribution in [1.29, 1.82) is 0 Å². The summed E-state index contributed by atoms with van der Waals surface area (Å²) in [4.78, 5) is 0. The molecular formula is C7H17NO2. The highest BCUT2D eigenvalue weighted by molar-refractivity contribution is 4.70. The van der Waals surface area contributed by atoms with Gasteiger partial charge in [0, 0.05) is 19.8 Å². The van der Waals surface area contributed by atoms with Gasteiger partial charge in [-0.15, -0.1) is 0 Å². The van der Waals surface area contributed by atoms with E-state index in [0.29, 0.717) is 0 Å². The molecule has 3 heteroatoms. The third kappa shape index (κ3) is 3.15. The second kappa shape index (κ2) is 5.65. The van der Waals surface area contributed by atoms with Crippen LogP contribution in [0.25, 0.3) is 0 Å². The van der Waals surface area contributed by atoms with Crippen LogP contribution in [0.15, 0.2) is 0 Å². The molecule has 0 spiro atoms. The van der Waals surface area contributed by atoms with Gasteiger partial charge in [-0.3, -0.25) is 0 Å². The summed E-state index contributed by atoms with van der Waals surface area (Å²) in [5.74, 6) is 0. The van der Waals surface area contributed by atoms with Gasteiger partial charge in [0.25, 0.3) is 0 Å². The fraction of sp³-hybridized carbons (Fsp3) is 1.00. The SMILES string of the molecule is CNC(CCO)C(C)OC. The number of aliphatic hydroxyl groups is 1. The van der Waals surface area contributed by atoms with Crippen LogP contribution in [0, 0.1) is 0 Å². The molecule has 10 heavy (non-hydrogen) atoms. The Bertz CT molecular complexity index is 78.0. The molecule has 2 unspecified atom stereocenters. The van der Waals surface area contributed by atoms with Crippen LogP contribution in [0.2, 0.25) is 0 Å². The molecule has 2 N–H and O–H groups in total. The molecule has 62 valence electrons. The smallest absolute Gasteiger partial charge is 0.0696 e. The number of nitrogens with one attached hydrogen (secondary N) is 1. The van der Waals surface area contributed by atoms with Crippen LogP contribution in [-0.4, -0.2) is 38.0 Å². The maximum Gasteiger partial charge on any atom is 0.0696 e. The minimum absolute atomic E-state index is 0.164. The summed E-state index contributed by atoms with van der Waals surface area (Å²) in [6.07, 6.45) is 0.906. The van der Waals surface area contributed by atoms with Crippen molar-refractivity contribution in [1.82, 2.24) is 5.32 Å². The van der Waals surface area contributed by atoms with Gasteiger partial charge >= 0.3 is 0 Å². The fourth-order valence-corrected chi connectivity index (χ4v) is 0.917. The summed E-state index contributed by atoms with van der Waals surface area (Å²) in [6, 6.07) is 0.259. The van der Waals surface area contributed by atoms with Crippen molar-refractivity contribution in [3.8, 4) is 0 Å². The summed E-state index contributed by atoms with van der Waals surface area (Å²) in [5, 5.41) is 11.7. The van der Waals surface area contributed by atoms with Crippen LogP contribution in [0.1, 0.15) is 13.3 Å². The van der Waals surface area contributed by atoms with Gasteiger partial charge in [-0.25, -0.2) is 0 Å². The molecule has 0 amide bonds. The Morgan fingerprint density at radius 3 is 2.50 bits per heavy atom. The number of aliphatic hydroxyl groups excluding tert-OH is 1. The lowest BCUT2D eigenvalue weighted by Crippen LogP contribution is -2.37. The Balaban J connectivity index is 3.56. The van der Waals surface area contributed by atoms with E-state index in [1.807, 2.05) is 14.0 Å². The third-order valence-electron chi connectivity index (χ3n) is 1.75. The van der Waals surface area contributed by atoms with Gasteiger partial charge < -0.3 is 15.2 Å². The number of likely N-dealkylation sites (N-methyl/N-ethyl adjacent to an activating group) is 1.